The van der Waals surface area contributed by atoms with Crippen molar-refractivity contribution in [1.82, 2.24) is 15.5 Å². The summed E-state index contributed by atoms with van der Waals surface area (Å²) in [7, 11) is 5.65. The van der Waals surface area contributed by atoms with E-state index in [4.69, 9.17) is 9.47 Å². The van der Waals surface area contributed by atoms with Gasteiger partial charge in [0, 0.05) is 46.9 Å². The number of hydrogen-bond donors (Lipinski definition) is 2. The van der Waals surface area contributed by atoms with Crippen LogP contribution < -0.4 is 15.4 Å². The molecule has 0 aliphatic carbocycles. The molecule has 2 N–H and O–H groups in total. The fourth-order valence-corrected chi connectivity index (χ4v) is 2.81. The van der Waals surface area contributed by atoms with Crippen molar-refractivity contribution in [2.24, 2.45) is 4.99 Å². The fourth-order valence-electron chi connectivity index (χ4n) is 2.81. The summed E-state index contributed by atoms with van der Waals surface area (Å²) in [6.07, 6.45) is 1.05. The summed E-state index contributed by atoms with van der Waals surface area (Å²) in [5.74, 6) is 1.68. The van der Waals surface area contributed by atoms with E-state index in [1.165, 1.54) is 5.56 Å². The van der Waals surface area contributed by atoms with E-state index in [-0.39, 0.29) is 24.0 Å². The lowest BCUT2D eigenvalue weighted by Gasteiger charge is -2.18. The van der Waals surface area contributed by atoms with Gasteiger partial charge in [0.15, 0.2) is 5.96 Å². The van der Waals surface area contributed by atoms with Crippen LogP contribution in [0.3, 0.4) is 0 Å². The van der Waals surface area contributed by atoms with Crippen LogP contribution in [0.15, 0.2) is 59.6 Å². The number of benzene rings is 2. The van der Waals surface area contributed by atoms with Gasteiger partial charge in [-0.1, -0.05) is 42.5 Å². The second kappa shape index (κ2) is 15.9. The first-order chi connectivity index (χ1) is 14.2. The number of methoxy groups -OCH3 is 1. The number of halogens is 1. The predicted molar refractivity (Wildman–Crippen MR) is 135 cm³/mol. The lowest BCUT2D eigenvalue weighted by molar-refractivity contribution is 0.180. The van der Waals surface area contributed by atoms with E-state index in [9.17, 15) is 0 Å². The molecule has 0 saturated carbocycles. The maximum Gasteiger partial charge on any atom is 0.191 e. The average Bonchev–Trinajstić information content (AvgIpc) is 2.76. The molecule has 0 bridgehead atoms. The molecule has 30 heavy (non-hydrogen) atoms. The molecule has 2 aromatic carbocycles. The molecule has 2 rings (SSSR count). The molecule has 0 atom stereocenters. The lowest BCUT2D eigenvalue weighted by Crippen LogP contribution is -2.40. The van der Waals surface area contributed by atoms with Gasteiger partial charge in [-0.3, -0.25) is 4.99 Å². The maximum atomic E-state index is 5.84. The largest absolute Gasteiger partial charge is 0.489 e. The maximum absolute atomic E-state index is 5.84. The molecule has 0 radical (unpaired) electrons. The van der Waals surface area contributed by atoms with Crippen molar-refractivity contribution in [3.05, 3.63) is 65.7 Å². The van der Waals surface area contributed by atoms with Crippen LogP contribution in [0, 0.1) is 0 Å². The minimum absolute atomic E-state index is 0. The summed E-state index contributed by atoms with van der Waals surface area (Å²) in [6.45, 7) is 4.92. The third-order valence-electron chi connectivity index (χ3n) is 4.53. The highest BCUT2D eigenvalue weighted by Crippen LogP contribution is 2.14. The highest BCUT2D eigenvalue weighted by Gasteiger charge is 2.02. The first kappa shape index (κ1) is 26.2. The number of nitrogens with one attached hydrogen (secondary N) is 2. The number of aliphatic imine (C=N–C) groups is 1. The van der Waals surface area contributed by atoms with E-state index in [1.807, 2.05) is 30.3 Å². The standard InChI is InChI=1S/C23H34N4O2.HI/c1-24-23(25-14-16-27(2)15-7-17-28-3)26-18-20-10-12-22(13-11-20)29-19-21-8-5-4-6-9-21;/h4-6,8-13H,7,14-19H2,1-3H3,(H2,24,25,26);1H. The van der Waals surface area contributed by atoms with Gasteiger partial charge < -0.3 is 25.0 Å². The van der Waals surface area contributed by atoms with E-state index in [2.05, 4.69) is 51.8 Å². The Bertz CT molecular complexity index is 711. The zero-order valence-corrected chi connectivity index (χ0v) is 20.6. The second-order valence-electron chi connectivity index (χ2n) is 6.92. The van der Waals surface area contributed by atoms with Gasteiger partial charge in [0.2, 0.25) is 0 Å². The number of rotatable bonds is 12. The molecule has 0 aromatic heterocycles. The topological polar surface area (TPSA) is 58.1 Å². The zero-order chi connectivity index (χ0) is 20.7. The molecular weight excluding hydrogens is 491 g/mol. The van der Waals surface area contributed by atoms with Crippen molar-refractivity contribution in [2.45, 2.75) is 19.6 Å². The van der Waals surface area contributed by atoms with Gasteiger partial charge >= 0.3 is 0 Å². The Hall–Kier alpha value is -1.84. The quantitative estimate of drug-likeness (QED) is 0.192. The Morgan fingerprint density at radius 1 is 0.967 bits per heavy atom. The van der Waals surface area contributed by atoms with E-state index in [0.29, 0.717) is 13.2 Å². The van der Waals surface area contributed by atoms with Gasteiger partial charge in [-0.25, -0.2) is 0 Å². The second-order valence-corrected chi connectivity index (χ2v) is 6.92. The van der Waals surface area contributed by atoms with Crippen LogP contribution in [0.5, 0.6) is 5.75 Å². The molecule has 0 amide bonds. The van der Waals surface area contributed by atoms with Crippen LogP contribution in [0.4, 0.5) is 0 Å². The summed E-state index contributed by atoms with van der Waals surface area (Å²) in [6, 6.07) is 18.3. The molecule has 2 aromatic rings. The molecule has 166 valence electrons. The Balaban J connectivity index is 0.00000450. The van der Waals surface area contributed by atoms with Crippen LogP contribution in [0.25, 0.3) is 0 Å². The Morgan fingerprint density at radius 3 is 2.37 bits per heavy atom. The molecule has 0 aliphatic heterocycles. The summed E-state index contributed by atoms with van der Waals surface area (Å²) in [4.78, 5) is 6.57. The molecule has 0 unspecified atom stereocenters. The highest BCUT2D eigenvalue weighted by atomic mass is 127. The van der Waals surface area contributed by atoms with Crippen molar-refractivity contribution in [3.63, 3.8) is 0 Å². The van der Waals surface area contributed by atoms with E-state index >= 15 is 0 Å². The third-order valence-corrected chi connectivity index (χ3v) is 4.53. The van der Waals surface area contributed by atoms with E-state index in [1.54, 1.807) is 14.2 Å². The van der Waals surface area contributed by atoms with Crippen LogP contribution in [0.1, 0.15) is 17.5 Å². The van der Waals surface area contributed by atoms with Crippen LogP contribution in [-0.4, -0.2) is 58.3 Å². The van der Waals surface area contributed by atoms with Crippen LogP contribution >= 0.6 is 24.0 Å². The first-order valence-electron chi connectivity index (χ1n) is 10.1. The molecular formula is C23H35IN4O2. The van der Waals surface area contributed by atoms with Gasteiger partial charge in [-0.15, -0.1) is 24.0 Å². The number of hydrogen-bond acceptors (Lipinski definition) is 4. The fraction of sp³-hybridized carbons (Fsp3) is 0.435. The van der Waals surface area contributed by atoms with Crippen molar-refractivity contribution in [3.8, 4) is 5.75 Å². The summed E-state index contributed by atoms with van der Waals surface area (Å²) >= 11 is 0. The Morgan fingerprint density at radius 2 is 1.70 bits per heavy atom. The third kappa shape index (κ3) is 10.8. The summed E-state index contributed by atoms with van der Waals surface area (Å²) < 4.78 is 10.9. The van der Waals surface area contributed by atoms with Gasteiger partial charge in [0.25, 0.3) is 0 Å². The predicted octanol–water partition coefficient (Wildman–Crippen LogP) is 3.52. The van der Waals surface area contributed by atoms with Crippen molar-refractivity contribution >= 4 is 29.9 Å². The molecule has 0 aliphatic rings. The monoisotopic (exact) mass is 526 g/mol. The van der Waals surface area contributed by atoms with Crippen molar-refractivity contribution in [2.75, 3.05) is 47.4 Å². The molecule has 0 spiro atoms. The van der Waals surface area contributed by atoms with Crippen molar-refractivity contribution < 1.29 is 9.47 Å². The first-order valence-corrected chi connectivity index (χ1v) is 10.1. The average molecular weight is 526 g/mol. The normalized spacial score (nSPS) is 11.1. The molecule has 0 heterocycles. The molecule has 6 nitrogen and oxygen atoms in total. The molecule has 0 saturated heterocycles. The van der Waals surface area contributed by atoms with Gasteiger partial charge in [-0.2, -0.15) is 0 Å². The minimum Gasteiger partial charge on any atom is -0.489 e. The van der Waals surface area contributed by atoms with Crippen molar-refractivity contribution in [1.29, 1.82) is 0 Å². The number of nitrogens with zero attached hydrogens (tertiary/aromatic N) is 2. The van der Waals surface area contributed by atoms with Gasteiger partial charge in [0.1, 0.15) is 12.4 Å². The molecule has 0 fully saturated rings. The zero-order valence-electron chi connectivity index (χ0n) is 18.3. The smallest absolute Gasteiger partial charge is 0.191 e. The Labute approximate surface area is 198 Å². The number of ether oxygens (including phenoxy) is 2. The minimum atomic E-state index is 0. The molecule has 7 heteroatoms. The van der Waals surface area contributed by atoms with E-state index < -0.39 is 0 Å². The summed E-state index contributed by atoms with van der Waals surface area (Å²) in [5, 5.41) is 6.70. The summed E-state index contributed by atoms with van der Waals surface area (Å²) in [5.41, 5.74) is 2.34. The van der Waals surface area contributed by atoms with Gasteiger partial charge in [0.05, 0.1) is 0 Å². The Kier molecular flexibility index (Phi) is 13.9. The number of guanidine groups is 1. The highest BCUT2D eigenvalue weighted by molar-refractivity contribution is 14.0. The van der Waals surface area contributed by atoms with E-state index in [0.717, 1.165) is 49.9 Å². The number of likely N-dealkylation sites (N-methyl/N-ethyl adjacent to an activating group) is 1. The SMILES string of the molecule is CN=C(NCCN(C)CCCOC)NCc1ccc(OCc2ccccc2)cc1.I. The van der Waals surface area contributed by atoms with Gasteiger partial charge in [-0.05, 0) is 36.7 Å². The lowest BCUT2D eigenvalue weighted by atomic mass is 10.2. The van der Waals surface area contributed by atoms with Crippen LogP contribution in [-0.2, 0) is 17.9 Å². The van der Waals surface area contributed by atoms with Crippen LogP contribution in [0.2, 0.25) is 0 Å².